The van der Waals surface area contributed by atoms with E-state index < -0.39 is 0 Å². The highest BCUT2D eigenvalue weighted by Gasteiger charge is 2.18. The number of aromatic nitrogens is 2. The minimum atomic E-state index is -0.226. The Morgan fingerprint density at radius 1 is 1.03 bits per heavy atom. The van der Waals surface area contributed by atoms with E-state index >= 15 is 0 Å². The summed E-state index contributed by atoms with van der Waals surface area (Å²) >= 11 is 0. The van der Waals surface area contributed by atoms with E-state index in [1.807, 2.05) is 54.6 Å². The summed E-state index contributed by atoms with van der Waals surface area (Å²) in [4.78, 5) is 13.0. The fraction of sp³-hybridized carbons (Fsp3) is 0.167. The van der Waals surface area contributed by atoms with Gasteiger partial charge in [0.25, 0.3) is 5.91 Å². The second kappa shape index (κ2) is 9.21. The zero-order valence-electron chi connectivity index (χ0n) is 17.4. The van der Waals surface area contributed by atoms with Gasteiger partial charge in [0.2, 0.25) is 0 Å². The number of carbonyl (C=O) groups is 1. The molecule has 0 saturated carbocycles. The Hall–Kier alpha value is -4.00. The predicted molar refractivity (Wildman–Crippen MR) is 117 cm³/mol. The van der Waals surface area contributed by atoms with E-state index in [1.165, 1.54) is 0 Å². The van der Waals surface area contributed by atoms with Gasteiger partial charge < -0.3 is 19.2 Å². The fourth-order valence-corrected chi connectivity index (χ4v) is 3.33. The van der Waals surface area contributed by atoms with Crippen molar-refractivity contribution in [1.82, 2.24) is 15.1 Å². The molecule has 31 heavy (non-hydrogen) atoms. The highest BCUT2D eigenvalue weighted by atomic mass is 16.5. The molecule has 158 valence electrons. The monoisotopic (exact) mass is 417 g/mol. The number of methoxy groups -OCH3 is 2. The van der Waals surface area contributed by atoms with E-state index in [2.05, 4.69) is 10.4 Å². The number of amides is 1. The Bertz CT molecular complexity index is 1150. The predicted octanol–water partition coefficient (Wildman–Crippen LogP) is 4.12. The van der Waals surface area contributed by atoms with Gasteiger partial charge in [0.1, 0.15) is 22.9 Å². The lowest BCUT2D eigenvalue weighted by atomic mass is 10.1. The summed E-state index contributed by atoms with van der Waals surface area (Å²) in [6, 6.07) is 20.5. The summed E-state index contributed by atoms with van der Waals surface area (Å²) in [6.45, 7) is 0.429. The third kappa shape index (κ3) is 4.45. The van der Waals surface area contributed by atoms with Crippen LogP contribution in [0.5, 0.6) is 11.5 Å². The topological polar surface area (TPSA) is 78.5 Å². The van der Waals surface area contributed by atoms with E-state index in [1.54, 1.807) is 37.3 Å². The Morgan fingerprint density at radius 3 is 2.58 bits per heavy atom. The zero-order chi connectivity index (χ0) is 21.6. The van der Waals surface area contributed by atoms with Crippen LogP contribution in [0.2, 0.25) is 0 Å². The SMILES string of the molecule is COc1ccc(OC)c(CCNC(=O)c2cc(-c3ccco3)nn2-c2ccccc2)c1. The Labute approximate surface area is 180 Å². The van der Waals surface area contributed by atoms with Gasteiger partial charge in [0, 0.05) is 12.6 Å². The van der Waals surface area contributed by atoms with Crippen LogP contribution in [0.25, 0.3) is 17.1 Å². The molecular weight excluding hydrogens is 394 g/mol. The van der Waals surface area contributed by atoms with Crippen LogP contribution in [-0.2, 0) is 6.42 Å². The molecule has 0 fully saturated rings. The average molecular weight is 417 g/mol. The molecular formula is C24H23N3O4. The van der Waals surface area contributed by atoms with Crippen LogP contribution in [0.3, 0.4) is 0 Å². The first kappa shape index (κ1) is 20.3. The molecule has 0 aliphatic heterocycles. The number of hydrogen-bond donors (Lipinski definition) is 1. The highest BCUT2D eigenvalue weighted by Crippen LogP contribution is 2.25. The highest BCUT2D eigenvalue weighted by molar-refractivity contribution is 5.94. The number of nitrogens with one attached hydrogen (secondary N) is 1. The van der Waals surface area contributed by atoms with Crippen LogP contribution < -0.4 is 14.8 Å². The van der Waals surface area contributed by atoms with E-state index in [0.717, 1.165) is 22.7 Å². The molecule has 1 N–H and O–H groups in total. The first-order valence-electron chi connectivity index (χ1n) is 9.88. The zero-order valence-corrected chi connectivity index (χ0v) is 17.4. The number of nitrogens with zero attached hydrogens (tertiary/aromatic N) is 2. The van der Waals surface area contributed by atoms with E-state index in [4.69, 9.17) is 13.9 Å². The van der Waals surface area contributed by atoms with Crippen molar-refractivity contribution in [3.8, 4) is 28.6 Å². The van der Waals surface area contributed by atoms with Crippen LogP contribution in [-0.4, -0.2) is 36.5 Å². The second-order valence-electron chi connectivity index (χ2n) is 6.82. The van der Waals surface area contributed by atoms with Gasteiger partial charge in [-0.1, -0.05) is 18.2 Å². The quantitative estimate of drug-likeness (QED) is 0.467. The molecule has 0 aliphatic carbocycles. The maximum Gasteiger partial charge on any atom is 0.270 e. The van der Waals surface area contributed by atoms with Crippen LogP contribution >= 0.6 is 0 Å². The number of furan rings is 1. The minimum absolute atomic E-state index is 0.226. The van der Waals surface area contributed by atoms with Crippen LogP contribution in [0.1, 0.15) is 16.1 Å². The number of para-hydroxylation sites is 1. The molecule has 4 rings (SSSR count). The van der Waals surface area contributed by atoms with Crippen LogP contribution in [0.4, 0.5) is 0 Å². The molecule has 0 spiro atoms. The third-order valence-electron chi connectivity index (χ3n) is 4.88. The van der Waals surface area contributed by atoms with Crippen molar-refractivity contribution < 1.29 is 18.7 Å². The van der Waals surface area contributed by atoms with Crippen LogP contribution in [0, 0.1) is 0 Å². The Balaban J connectivity index is 1.54. The van der Waals surface area contributed by atoms with Gasteiger partial charge in [-0.25, -0.2) is 4.68 Å². The smallest absolute Gasteiger partial charge is 0.270 e. The second-order valence-corrected chi connectivity index (χ2v) is 6.82. The molecule has 0 aliphatic rings. The molecule has 2 aromatic carbocycles. The Morgan fingerprint density at radius 2 is 1.87 bits per heavy atom. The van der Waals surface area contributed by atoms with Crippen molar-refractivity contribution in [2.24, 2.45) is 0 Å². The molecule has 0 unspecified atom stereocenters. The summed E-state index contributed by atoms with van der Waals surface area (Å²) in [5.74, 6) is 1.87. The number of ether oxygens (including phenoxy) is 2. The number of hydrogen-bond acceptors (Lipinski definition) is 5. The minimum Gasteiger partial charge on any atom is -0.497 e. The summed E-state index contributed by atoms with van der Waals surface area (Å²) in [5.41, 5.74) is 2.76. The molecule has 0 radical (unpaired) electrons. The van der Waals surface area contributed by atoms with Gasteiger partial charge in [-0.05, 0) is 54.4 Å². The Kier molecular flexibility index (Phi) is 6.03. The number of rotatable bonds is 8. The van der Waals surface area contributed by atoms with Gasteiger partial charge in [-0.3, -0.25) is 4.79 Å². The lowest BCUT2D eigenvalue weighted by Crippen LogP contribution is -2.28. The molecule has 1 amide bonds. The summed E-state index contributed by atoms with van der Waals surface area (Å²) in [6.07, 6.45) is 2.18. The van der Waals surface area contributed by atoms with E-state index in [0.29, 0.717) is 30.1 Å². The molecule has 4 aromatic rings. The molecule has 7 nitrogen and oxygen atoms in total. The summed E-state index contributed by atoms with van der Waals surface area (Å²) < 4.78 is 17.8. The van der Waals surface area contributed by atoms with E-state index in [9.17, 15) is 4.79 Å². The van der Waals surface area contributed by atoms with E-state index in [-0.39, 0.29) is 5.91 Å². The number of carbonyl (C=O) groups excluding carboxylic acids is 1. The maximum atomic E-state index is 13.0. The molecule has 0 bridgehead atoms. The van der Waals surface area contributed by atoms with Crippen molar-refractivity contribution in [2.75, 3.05) is 20.8 Å². The molecule has 7 heteroatoms. The van der Waals surface area contributed by atoms with Crippen molar-refractivity contribution in [1.29, 1.82) is 0 Å². The molecule has 0 atom stereocenters. The number of benzene rings is 2. The molecule has 2 aromatic heterocycles. The lowest BCUT2D eigenvalue weighted by molar-refractivity contribution is 0.0946. The van der Waals surface area contributed by atoms with Crippen molar-refractivity contribution in [3.05, 3.63) is 84.3 Å². The maximum absolute atomic E-state index is 13.0. The third-order valence-corrected chi connectivity index (χ3v) is 4.88. The molecule has 2 heterocycles. The van der Waals surface area contributed by atoms with Gasteiger partial charge >= 0.3 is 0 Å². The van der Waals surface area contributed by atoms with Gasteiger partial charge in [0.05, 0.1) is 26.2 Å². The van der Waals surface area contributed by atoms with Gasteiger partial charge in [0.15, 0.2) is 5.76 Å². The van der Waals surface area contributed by atoms with Crippen molar-refractivity contribution in [2.45, 2.75) is 6.42 Å². The normalized spacial score (nSPS) is 10.6. The first-order chi connectivity index (χ1) is 15.2. The van der Waals surface area contributed by atoms with Crippen molar-refractivity contribution >= 4 is 5.91 Å². The summed E-state index contributed by atoms with van der Waals surface area (Å²) in [7, 11) is 3.24. The van der Waals surface area contributed by atoms with Gasteiger partial charge in [-0.2, -0.15) is 5.10 Å². The first-order valence-corrected chi connectivity index (χ1v) is 9.88. The van der Waals surface area contributed by atoms with Crippen LogP contribution in [0.15, 0.2) is 77.4 Å². The van der Waals surface area contributed by atoms with Crippen molar-refractivity contribution in [3.63, 3.8) is 0 Å². The lowest BCUT2D eigenvalue weighted by Gasteiger charge is -2.11. The largest absolute Gasteiger partial charge is 0.497 e. The fourth-order valence-electron chi connectivity index (χ4n) is 3.33. The average Bonchev–Trinajstić information content (AvgIpc) is 3.49. The summed E-state index contributed by atoms with van der Waals surface area (Å²) in [5, 5.41) is 7.56. The molecule has 0 saturated heterocycles. The van der Waals surface area contributed by atoms with Gasteiger partial charge in [-0.15, -0.1) is 0 Å². The standard InChI is InChI=1S/C24H23N3O4/c1-29-19-10-11-22(30-2)17(15-19)12-13-25-24(28)21-16-20(23-9-6-14-31-23)26-27(21)18-7-4-3-5-8-18/h3-11,14-16H,12-13H2,1-2H3,(H,25,28).